The van der Waals surface area contributed by atoms with E-state index in [1.807, 2.05) is 36.9 Å². The molecule has 3 aromatic rings. The van der Waals surface area contributed by atoms with Crippen LogP contribution in [0.4, 0.5) is 0 Å². The molecule has 4 rings (SSSR count). The molecular weight excluding hydrogens is 326 g/mol. The van der Waals surface area contributed by atoms with E-state index in [1.54, 1.807) is 10.7 Å². The Morgan fingerprint density at radius 2 is 1.73 bits per heavy atom. The van der Waals surface area contributed by atoms with Crippen LogP contribution in [0.5, 0.6) is 0 Å². The quantitative estimate of drug-likeness (QED) is 0.713. The van der Waals surface area contributed by atoms with E-state index in [0.29, 0.717) is 5.56 Å². The second-order valence-electron chi connectivity index (χ2n) is 6.91. The zero-order chi connectivity index (χ0) is 18.3. The van der Waals surface area contributed by atoms with Crippen LogP contribution in [0.15, 0.2) is 36.5 Å². The Labute approximate surface area is 153 Å². The fourth-order valence-electron chi connectivity index (χ4n) is 3.53. The second-order valence-corrected chi connectivity index (χ2v) is 6.91. The van der Waals surface area contributed by atoms with Gasteiger partial charge in [0.05, 0.1) is 17.0 Å². The van der Waals surface area contributed by atoms with E-state index in [4.69, 9.17) is 0 Å². The molecule has 0 saturated carbocycles. The first-order valence-electron chi connectivity index (χ1n) is 8.94. The summed E-state index contributed by atoms with van der Waals surface area (Å²) in [7, 11) is 2.08. The summed E-state index contributed by atoms with van der Waals surface area (Å²) in [6.07, 6.45) is 1.71. The summed E-state index contributed by atoms with van der Waals surface area (Å²) in [5.74, 6) is 0.0411. The summed E-state index contributed by atoms with van der Waals surface area (Å²) in [4.78, 5) is 21.7. The van der Waals surface area contributed by atoms with Gasteiger partial charge in [-0.05, 0) is 26.5 Å². The molecule has 1 aliphatic rings. The lowest BCUT2D eigenvalue weighted by atomic mass is 10.1. The van der Waals surface area contributed by atoms with Crippen molar-refractivity contribution in [2.75, 3.05) is 33.2 Å². The van der Waals surface area contributed by atoms with E-state index in [9.17, 15) is 4.79 Å². The molecule has 1 aromatic carbocycles. The summed E-state index contributed by atoms with van der Waals surface area (Å²) >= 11 is 0. The molecule has 0 aliphatic carbocycles. The van der Waals surface area contributed by atoms with Crippen molar-refractivity contribution in [2.24, 2.45) is 0 Å². The van der Waals surface area contributed by atoms with E-state index >= 15 is 0 Å². The molecule has 0 N–H and O–H groups in total. The Kier molecular flexibility index (Phi) is 4.20. The standard InChI is InChI=1S/C20H23N5O/c1-14-18(16-7-5-4-6-8-16)19-21-13-17(15(2)25(19)22-14)20(26)24-11-9-23(3)10-12-24/h4-8,13H,9-12H2,1-3H3. The molecular formula is C20H23N5O. The Morgan fingerprint density at radius 1 is 1.04 bits per heavy atom. The molecule has 3 heterocycles. The Bertz CT molecular complexity index is 955. The number of benzene rings is 1. The van der Waals surface area contributed by atoms with Crippen LogP contribution in [-0.4, -0.2) is 63.5 Å². The van der Waals surface area contributed by atoms with Gasteiger partial charge in [-0.3, -0.25) is 4.79 Å². The number of fused-ring (bicyclic) bond motifs is 1. The topological polar surface area (TPSA) is 53.7 Å². The average molecular weight is 349 g/mol. The van der Waals surface area contributed by atoms with Crippen LogP contribution in [-0.2, 0) is 0 Å². The van der Waals surface area contributed by atoms with E-state index in [-0.39, 0.29) is 5.91 Å². The van der Waals surface area contributed by atoms with Gasteiger partial charge in [-0.15, -0.1) is 0 Å². The van der Waals surface area contributed by atoms with Crippen LogP contribution in [0, 0.1) is 13.8 Å². The number of aryl methyl sites for hydroxylation is 2. The smallest absolute Gasteiger partial charge is 0.257 e. The van der Waals surface area contributed by atoms with Gasteiger partial charge in [0.2, 0.25) is 0 Å². The van der Waals surface area contributed by atoms with Crippen LogP contribution in [0.2, 0.25) is 0 Å². The number of carbonyl (C=O) groups is 1. The second kappa shape index (κ2) is 6.53. The minimum Gasteiger partial charge on any atom is -0.336 e. The van der Waals surface area contributed by atoms with Crippen LogP contribution < -0.4 is 0 Å². The largest absolute Gasteiger partial charge is 0.336 e. The Morgan fingerprint density at radius 3 is 2.42 bits per heavy atom. The SMILES string of the molecule is Cc1nn2c(C)c(C(=O)N3CCN(C)CC3)cnc2c1-c1ccccc1. The van der Waals surface area contributed by atoms with Crippen molar-refractivity contribution in [2.45, 2.75) is 13.8 Å². The summed E-state index contributed by atoms with van der Waals surface area (Å²) in [5, 5.41) is 4.66. The van der Waals surface area contributed by atoms with Crippen molar-refractivity contribution in [3.63, 3.8) is 0 Å². The highest BCUT2D eigenvalue weighted by molar-refractivity contribution is 5.95. The maximum absolute atomic E-state index is 13.0. The molecule has 2 aromatic heterocycles. The van der Waals surface area contributed by atoms with Gasteiger partial charge in [0.25, 0.3) is 5.91 Å². The predicted octanol–water partition coefficient (Wildman–Crippen LogP) is 2.40. The van der Waals surface area contributed by atoms with Gasteiger partial charge in [-0.1, -0.05) is 30.3 Å². The minimum atomic E-state index is 0.0411. The van der Waals surface area contributed by atoms with Gasteiger partial charge in [0.1, 0.15) is 0 Å². The van der Waals surface area contributed by atoms with Crippen molar-refractivity contribution in [1.29, 1.82) is 0 Å². The Hall–Kier alpha value is -2.73. The number of piperazine rings is 1. The molecule has 1 amide bonds. The highest BCUT2D eigenvalue weighted by atomic mass is 16.2. The molecule has 1 aliphatic heterocycles. The fraction of sp³-hybridized carbons (Fsp3) is 0.350. The van der Waals surface area contributed by atoms with Gasteiger partial charge < -0.3 is 9.80 Å². The first-order chi connectivity index (χ1) is 12.6. The van der Waals surface area contributed by atoms with Gasteiger partial charge in [0.15, 0.2) is 5.65 Å². The number of likely N-dealkylation sites (N-methyl/N-ethyl adjacent to an activating group) is 1. The molecule has 6 nitrogen and oxygen atoms in total. The van der Waals surface area contributed by atoms with Gasteiger partial charge in [-0.2, -0.15) is 5.10 Å². The summed E-state index contributed by atoms with van der Waals surface area (Å²) < 4.78 is 1.81. The van der Waals surface area contributed by atoms with E-state index < -0.39 is 0 Å². The number of carbonyl (C=O) groups excluding carboxylic acids is 1. The summed E-state index contributed by atoms with van der Waals surface area (Å²) in [6.45, 7) is 7.23. The minimum absolute atomic E-state index is 0.0411. The fourth-order valence-corrected chi connectivity index (χ4v) is 3.53. The molecule has 0 bridgehead atoms. The molecule has 134 valence electrons. The lowest BCUT2D eigenvalue weighted by molar-refractivity contribution is 0.0662. The molecule has 6 heteroatoms. The molecule has 1 fully saturated rings. The van der Waals surface area contributed by atoms with Crippen LogP contribution >= 0.6 is 0 Å². The zero-order valence-electron chi connectivity index (χ0n) is 15.4. The average Bonchev–Trinajstić information content (AvgIpc) is 3.00. The molecule has 0 radical (unpaired) electrons. The lowest BCUT2D eigenvalue weighted by Crippen LogP contribution is -2.47. The van der Waals surface area contributed by atoms with Crippen molar-refractivity contribution in [1.82, 2.24) is 24.4 Å². The normalized spacial score (nSPS) is 15.6. The Balaban J connectivity index is 1.76. The van der Waals surface area contributed by atoms with Crippen molar-refractivity contribution in [3.05, 3.63) is 53.5 Å². The van der Waals surface area contributed by atoms with Gasteiger partial charge >= 0.3 is 0 Å². The first kappa shape index (κ1) is 16.7. The third-order valence-electron chi connectivity index (χ3n) is 5.14. The molecule has 26 heavy (non-hydrogen) atoms. The summed E-state index contributed by atoms with van der Waals surface area (Å²) in [5.41, 5.74) is 5.28. The third-order valence-corrected chi connectivity index (χ3v) is 5.14. The first-order valence-corrected chi connectivity index (χ1v) is 8.94. The molecule has 1 saturated heterocycles. The van der Waals surface area contributed by atoms with Gasteiger partial charge in [-0.25, -0.2) is 9.50 Å². The van der Waals surface area contributed by atoms with Crippen LogP contribution in [0.1, 0.15) is 21.7 Å². The maximum Gasteiger partial charge on any atom is 0.257 e. The number of amides is 1. The van der Waals surface area contributed by atoms with E-state index in [0.717, 1.165) is 54.3 Å². The number of hydrogen-bond acceptors (Lipinski definition) is 4. The van der Waals surface area contributed by atoms with Crippen LogP contribution in [0.25, 0.3) is 16.8 Å². The maximum atomic E-state index is 13.0. The van der Waals surface area contributed by atoms with E-state index in [2.05, 4.69) is 34.2 Å². The van der Waals surface area contributed by atoms with E-state index in [1.165, 1.54) is 0 Å². The molecule has 0 atom stereocenters. The highest BCUT2D eigenvalue weighted by Gasteiger charge is 2.24. The number of aromatic nitrogens is 3. The highest BCUT2D eigenvalue weighted by Crippen LogP contribution is 2.28. The monoisotopic (exact) mass is 349 g/mol. The molecule has 0 spiro atoms. The summed E-state index contributed by atoms with van der Waals surface area (Å²) in [6, 6.07) is 10.1. The van der Waals surface area contributed by atoms with Crippen molar-refractivity contribution >= 4 is 11.6 Å². The van der Waals surface area contributed by atoms with Crippen LogP contribution in [0.3, 0.4) is 0 Å². The molecule has 0 unspecified atom stereocenters. The van der Waals surface area contributed by atoms with Crippen molar-refractivity contribution in [3.8, 4) is 11.1 Å². The predicted molar refractivity (Wildman–Crippen MR) is 101 cm³/mol. The zero-order valence-corrected chi connectivity index (χ0v) is 15.4. The number of rotatable bonds is 2. The van der Waals surface area contributed by atoms with Crippen molar-refractivity contribution < 1.29 is 4.79 Å². The number of hydrogen-bond donors (Lipinski definition) is 0. The lowest BCUT2D eigenvalue weighted by Gasteiger charge is -2.32. The third kappa shape index (κ3) is 2.76. The number of nitrogens with zero attached hydrogens (tertiary/aromatic N) is 5. The van der Waals surface area contributed by atoms with Gasteiger partial charge in [0, 0.05) is 37.9 Å².